The Morgan fingerprint density at radius 2 is 1.82 bits per heavy atom. The third-order valence-electron chi connectivity index (χ3n) is 8.26. The summed E-state index contributed by atoms with van der Waals surface area (Å²) in [5, 5.41) is 0. The van der Waals surface area contributed by atoms with Crippen molar-refractivity contribution < 1.29 is 9.59 Å². The summed E-state index contributed by atoms with van der Waals surface area (Å²) in [7, 11) is 0. The molecule has 0 radical (unpaired) electrons. The number of carbonyl (C=O) groups excluding carboxylic acids is 2. The minimum atomic E-state index is 0.282. The van der Waals surface area contributed by atoms with Crippen molar-refractivity contribution in [2.75, 3.05) is 0 Å². The van der Waals surface area contributed by atoms with Crippen molar-refractivity contribution in [3.05, 3.63) is 0 Å². The van der Waals surface area contributed by atoms with Gasteiger partial charge in [0.25, 0.3) is 0 Å². The normalized spacial score (nSPS) is 50.9. The summed E-state index contributed by atoms with van der Waals surface area (Å²) in [6, 6.07) is 0. The molecule has 0 saturated heterocycles. The summed E-state index contributed by atoms with van der Waals surface area (Å²) in [5.41, 5.74) is 0.282. The van der Waals surface area contributed by atoms with Crippen LogP contribution in [-0.2, 0) is 9.59 Å². The van der Waals surface area contributed by atoms with Crippen LogP contribution in [0.25, 0.3) is 0 Å². The molecule has 0 N–H and O–H groups in total. The van der Waals surface area contributed by atoms with Gasteiger partial charge in [0.2, 0.25) is 0 Å². The summed E-state index contributed by atoms with van der Waals surface area (Å²) in [6.45, 7) is 4.23. The Hall–Kier alpha value is -0.660. The molecule has 122 valence electrons. The molecular formula is C20H30O2. The molecule has 2 nitrogen and oxygen atoms in total. The molecule has 4 fully saturated rings. The van der Waals surface area contributed by atoms with Gasteiger partial charge < -0.3 is 0 Å². The average molecular weight is 302 g/mol. The van der Waals surface area contributed by atoms with Crippen molar-refractivity contribution in [3.8, 4) is 0 Å². The zero-order valence-electron chi connectivity index (χ0n) is 14.1. The summed E-state index contributed by atoms with van der Waals surface area (Å²) < 4.78 is 0. The largest absolute Gasteiger partial charge is 0.300 e. The van der Waals surface area contributed by atoms with Gasteiger partial charge in [0.1, 0.15) is 11.6 Å². The molecule has 0 aliphatic heterocycles. The van der Waals surface area contributed by atoms with Crippen molar-refractivity contribution in [2.24, 2.45) is 40.9 Å². The zero-order chi connectivity index (χ0) is 15.5. The van der Waals surface area contributed by atoms with Gasteiger partial charge in [0.05, 0.1) is 0 Å². The second-order valence-corrected chi connectivity index (χ2v) is 9.00. The first-order valence-electron chi connectivity index (χ1n) is 9.53. The van der Waals surface area contributed by atoms with E-state index in [1.807, 2.05) is 6.92 Å². The topological polar surface area (TPSA) is 34.1 Å². The first kappa shape index (κ1) is 14.9. The lowest BCUT2D eigenvalue weighted by Crippen LogP contribution is -2.49. The van der Waals surface area contributed by atoms with Crippen molar-refractivity contribution in [1.29, 1.82) is 0 Å². The molecule has 0 heterocycles. The number of rotatable bonds is 1. The number of ketones is 2. The molecule has 0 bridgehead atoms. The Morgan fingerprint density at radius 3 is 2.59 bits per heavy atom. The van der Waals surface area contributed by atoms with Gasteiger partial charge in [-0.1, -0.05) is 6.92 Å². The lowest BCUT2D eigenvalue weighted by atomic mass is 9.49. The highest BCUT2D eigenvalue weighted by Crippen LogP contribution is 2.64. The van der Waals surface area contributed by atoms with E-state index in [2.05, 4.69) is 6.92 Å². The van der Waals surface area contributed by atoms with Crippen LogP contribution in [0, 0.1) is 40.9 Å². The van der Waals surface area contributed by atoms with E-state index >= 15 is 0 Å². The summed E-state index contributed by atoms with van der Waals surface area (Å²) in [6.07, 6.45) is 10.4. The Kier molecular flexibility index (Phi) is 3.51. The number of Topliss-reactive ketones (excluding diaryl/α,β-unsaturated/α-hetero) is 2. The molecule has 0 spiro atoms. The number of hydrogen-bond donors (Lipinski definition) is 0. The number of carbonyl (C=O) groups is 2. The molecule has 0 aromatic rings. The first-order valence-corrected chi connectivity index (χ1v) is 9.53. The predicted octanol–water partition coefficient (Wildman–Crippen LogP) is 4.41. The van der Waals surface area contributed by atoms with Gasteiger partial charge in [-0.05, 0) is 86.9 Å². The van der Waals surface area contributed by atoms with Crippen molar-refractivity contribution in [1.82, 2.24) is 0 Å². The Labute approximate surface area is 134 Å². The Morgan fingerprint density at radius 1 is 1.00 bits per heavy atom. The molecule has 22 heavy (non-hydrogen) atoms. The summed E-state index contributed by atoms with van der Waals surface area (Å²) in [4.78, 5) is 23.9. The van der Waals surface area contributed by atoms with Gasteiger partial charge in [-0.3, -0.25) is 9.59 Å². The highest BCUT2D eigenvalue weighted by Gasteiger charge is 2.57. The van der Waals surface area contributed by atoms with Crippen LogP contribution < -0.4 is 0 Å². The number of hydrogen-bond acceptors (Lipinski definition) is 2. The smallest absolute Gasteiger partial charge is 0.133 e. The molecule has 0 unspecified atom stereocenters. The third kappa shape index (κ3) is 2.05. The fraction of sp³-hybridized carbons (Fsp3) is 0.900. The van der Waals surface area contributed by atoms with E-state index in [1.165, 1.54) is 32.1 Å². The maximum atomic E-state index is 12.1. The highest BCUT2D eigenvalue weighted by atomic mass is 16.1. The standard InChI is InChI=1S/C20H30O2/c1-12(21)18-7-8-19-17-5-3-13-11-14(22)4-6-15(13)16(17)9-10-20(18,19)2/h13,15-19H,3-11H2,1-2H3/t13-,15+,16-,17-,18+,19-,20+/m1/s1. The van der Waals surface area contributed by atoms with E-state index in [0.717, 1.165) is 49.4 Å². The summed E-state index contributed by atoms with van der Waals surface area (Å²) in [5.74, 6) is 5.25. The quantitative estimate of drug-likeness (QED) is 0.719. The van der Waals surface area contributed by atoms with E-state index in [9.17, 15) is 9.59 Å². The van der Waals surface area contributed by atoms with Crippen LogP contribution in [0.3, 0.4) is 0 Å². The molecule has 4 rings (SSSR count). The van der Waals surface area contributed by atoms with Gasteiger partial charge >= 0.3 is 0 Å². The minimum Gasteiger partial charge on any atom is -0.300 e. The Bertz CT molecular complexity index is 496. The van der Waals surface area contributed by atoms with Crippen LogP contribution in [-0.4, -0.2) is 11.6 Å². The van der Waals surface area contributed by atoms with E-state index < -0.39 is 0 Å². The van der Waals surface area contributed by atoms with Gasteiger partial charge in [0, 0.05) is 18.8 Å². The van der Waals surface area contributed by atoms with Crippen LogP contribution in [0.4, 0.5) is 0 Å². The van der Waals surface area contributed by atoms with Crippen molar-refractivity contribution >= 4 is 11.6 Å². The zero-order valence-corrected chi connectivity index (χ0v) is 14.1. The van der Waals surface area contributed by atoms with Crippen LogP contribution in [0.15, 0.2) is 0 Å². The molecule has 4 aliphatic rings. The van der Waals surface area contributed by atoms with Crippen LogP contribution in [0.1, 0.15) is 71.6 Å². The predicted molar refractivity (Wildman–Crippen MR) is 86.3 cm³/mol. The van der Waals surface area contributed by atoms with E-state index in [0.29, 0.717) is 23.4 Å². The van der Waals surface area contributed by atoms with Gasteiger partial charge in [0.15, 0.2) is 0 Å². The molecule has 4 aliphatic carbocycles. The first-order chi connectivity index (χ1) is 10.5. The highest BCUT2D eigenvalue weighted by molar-refractivity contribution is 5.80. The second-order valence-electron chi connectivity index (χ2n) is 9.00. The summed E-state index contributed by atoms with van der Waals surface area (Å²) >= 11 is 0. The minimum absolute atomic E-state index is 0.282. The van der Waals surface area contributed by atoms with Crippen molar-refractivity contribution in [3.63, 3.8) is 0 Å². The van der Waals surface area contributed by atoms with Gasteiger partial charge in [-0.15, -0.1) is 0 Å². The van der Waals surface area contributed by atoms with Crippen molar-refractivity contribution in [2.45, 2.75) is 71.6 Å². The second kappa shape index (κ2) is 5.18. The fourth-order valence-electron chi connectivity index (χ4n) is 7.33. The lowest BCUT2D eigenvalue weighted by molar-refractivity contribution is -0.132. The molecule has 4 saturated carbocycles. The Balaban J connectivity index is 1.58. The van der Waals surface area contributed by atoms with Gasteiger partial charge in [-0.2, -0.15) is 0 Å². The molecule has 7 atom stereocenters. The molecular weight excluding hydrogens is 272 g/mol. The average Bonchev–Trinajstić information content (AvgIpc) is 2.84. The molecule has 2 heteroatoms. The maximum Gasteiger partial charge on any atom is 0.133 e. The molecule has 0 amide bonds. The third-order valence-corrected chi connectivity index (χ3v) is 8.26. The van der Waals surface area contributed by atoms with Crippen LogP contribution >= 0.6 is 0 Å². The SMILES string of the molecule is CC(=O)[C@@H]1CC[C@@H]2[C@@H]3CC[C@@H]4CC(=O)CC[C@@H]4[C@H]3CC[C@]21C. The number of fused-ring (bicyclic) bond motifs is 5. The van der Waals surface area contributed by atoms with Crippen LogP contribution in [0.5, 0.6) is 0 Å². The van der Waals surface area contributed by atoms with Crippen LogP contribution in [0.2, 0.25) is 0 Å². The lowest BCUT2D eigenvalue weighted by Gasteiger charge is -2.55. The maximum absolute atomic E-state index is 12.1. The monoisotopic (exact) mass is 302 g/mol. The van der Waals surface area contributed by atoms with E-state index in [4.69, 9.17) is 0 Å². The fourth-order valence-corrected chi connectivity index (χ4v) is 7.33. The van der Waals surface area contributed by atoms with Gasteiger partial charge in [-0.25, -0.2) is 0 Å². The van der Waals surface area contributed by atoms with E-state index in [1.54, 1.807) is 0 Å². The van der Waals surface area contributed by atoms with E-state index in [-0.39, 0.29) is 5.41 Å². The molecule has 0 aromatic carbocycles. The molecule has 0 aromatic heterocycles.